The molecule has 5 heteroatoms. The molecule has 3 N–H and O–H groups in total. The quantitative estimate of drug-likeness (QED) is 0.468. The molecule has 0 amide bonds. The van der Waals surface area contributed by atoms with Gasteiger partial charge in [-0.1, -0.05) is 6.07 Å². The number of anilines is 1. The Hall–Kier alpha value is -1.43. The highest BCUT2D eigenvalue weighted by atomic mass is 32.1. The van der Waals surface area contributed by atoms with Gasteiger partial charge in [0.15, 0.2) is 0 Å². The molecule has 0 aliphatic carbocycles. The molecule has 4 nitrogen and oxygen atoms in total. The maximum absolute atomic E-state index is 5.57. The molecule has 0 aliphatic rings. The molecule has 2 aromatic rings. The van der Waals surface area contributed by atoms with Crippen LogP contribution < -0.4 is 11.3 Å². The summed E-state index contributed by atoms with van der Waals surface area (Å²) in [7, 11) is 0. The van der Waals surface area contributed by atoms with Gasteiger partial charge in [-0.25, -0.2) is 0 Å². The van der Waals surface area contributed by atoms with Crippen LogP contribution in [0, 0.1) is 0 Å². The van der Waals surface area contributed by atoms with Crippen LogP contribution in [-0.2, 0) is 17.8 Å². The van der Waals surface area contributed by atoms with Crippen molar-refractivity contribution in [3.63, 3.8) is 0 Å². The molecule has 90 valence electrons. The molecule has 0 aliphatic heterocycles. The number of thiophene rings is 1. The minimum Gasteiger partial charge on any atom is -0.375 e. The van der Waals surface area contributed by atoms with E-state index in [9.17, 15) is 0 Å². The van der Waals surface area contributed by atoms with E-state index in [0.29, 0.717) is 13.2 Å². The monoisotopic (exact) mass is 249 g/mol. The van der Waals surface area contributed by atoms with Gasteiger partial charge in [-0.05, 0) is 23.6 Å². The predicted molar refractivity (Wildman–Crippen MR) is 69.7 cm³/mol. The first kappa shape index (κ1) is 12.0. The highest BCUT2D eigenvalue weighted by Gasteiger charge is 1.98. The van der Waals surface area contributed by atoms with Crippen LogP contribution in [0.15, 0.2) is 35.8 Å². The normalized spacial score (nSPS) is 10.4. The van der Waals surface area contributed by atoms with Gasteiger partial charge in [0.05, 0.1) is 24.6 Å². The van der Waals surface area contributed by atoms with Crippen molar-refractivity contribution >= 4 is 17.0 Å². The lowest BCUT2D eigenvalue weighted by molar-refractivity contribution is 0.121. The molecular weight excluding hydrogens is 234 g/mol. The van der Waals surface area contributed by atoms with E-state index < -0.39 is 0 Å². The second kappa shape index (κ2) is 6.34. The fraction of sp³-hybridized carbons (Fsp3) is 0.250. The molecule has 0 atom stereocenters. The fourth-order valence-corrected chi connectivity index (χ4v) is 2.14. The molecule has 2 rings (SSSR count). The second-order valence-corrected chi connectivity index (χ2v) is 4.59. The van der Waals surface area contributed by atoms with E-state index in [0.717, 1.165) is 17.8 Å². The summed E-state index contributed by atoms with van der Waals surface area (Å²) in [6.07, 6.45) is 2.67. The minimum absolute atomic E-state index is 0.515. The van der Waals surface area contributed by atoms with E-state index in [1.807, 2.05) is 12.1 Å². The summed E-state index contributed by atoms with van der Waals surface area (Å²) in [6, 6.07) is 7.86. The maximum Gasteiger partial charge on any atom is 0.0888 e. The molecule has 0 unspecified atom stereocenters. The third kappa shape index (κ3) is 3.81. The Balaban J connectivity index is 1.74. The summed E-state index contributed by atoms with van der Waals surface area (Å²) in [5.74, 6) is 5.32. The lowest BCUT2D eigenvalue weighted by Crippen LogP contribution is -2.07. The average Bonchev–Trinajstić information content (AvgIpc) is 2.88. The topological polar surface area (TPSA) is 60.2 Å². The smallest absolute Gasteiger partial charge is 0.0888 e. The standard InChI is InChI=1S/C12H15N3OS/c13-15-10-3-5-14-11(8-10)9-16-6-4-12-2-1-7-17-12/h1-3,5,7-8H,4,6,9,13H2,(H,14,15). The molecule has 0 spiro atoms. The van der Waals surface area contributed by atoms with Gasteiger partial charge in [-0.3, -0.25) is 10.8 Å². The first-order chi connectivity index (χ1) is 8.38. The number of ether oxygens (including phenoxy) is 1. The van der Waals surface area contributed by atoms with E-state index in [1.54, 1.807) is 17.5 Å². The van der Waals surface area contributed by atoms with Crippen LogP contribution in [0.5, 0.6) is 0 Å². The zero-order valence-electron chi connectivity index (χ0n) is 9.43. The molecule has 0 radical (unpaired) electrons. The molecule has 2 aromatic heterocycles. The zero-order chi connectivity index (χ0) is 11.9. The summed E-state index contributed by atoms with van der Waals surface area (Å²) in [5.41, 5.74) is 4.31. The SMILES string of the molecule is NNc1ccnc(COCCc2cccs2)c1. The number of aromatic nitrogens is 1. The molecule has 0 bridgehead atoms. The van der Waals surface area contributed by atoms with E-state index >= 15 is 0 Å². The Morgan fingerprint density at radius 3 is 3.12 bits per heavy atom. The maximum atomic E-state index is 5.57. The fourth-order valence-electron chi connectivity index (χ4n) is 1.45. The van der Waals surface area contributed by atoms with Crippen molar-refractivity contribution in [3.05, 3.63) is 46.4 Å². The van der Waals surface area contributed by atoms with E-state index in [1.165, 1.54) is 4.88 Å². The average molecular weight is 249 g/mol. The summed E-state index contributed by atoms with van der Waals surface area (Å²) in [4.78, 5) is 5.55. The van der Waals surface area contributed by atoms with Crippen molar-refractivity contribution in [2.75, 3.05) is 12.0 Å². The summed E-state index contributed by atoms with van der Waals surface area (Å²) >= 11 is 1.75. The summed E-state index contributed by atoms with van der Waals surface area (Å²) in [5, 5.41) is 2.08. The predicted octanol–water partition coefficient (Wildman–Crippen LogP) is 2.19. The Morgan fingerprint density at radius 1 is 1.41 bits per heavy atom. The van der Waals surface area contributed by atoms with Crippen molar-refractivity contribution in [2.45, 2.75) is 13.0 Å². The highest BCUT2D eigenvalue weighted by Crippen LogP contribution is 2.10. The summed E-state index contributed by atoms with van der Waals surface area (Å²) in [6.45, 7) is 1.23. The van der Waals surface area contributed by atoms with Crippen LogP contribution in [0.2, 0.25) is 0 Å². The zero-order valence-corrected chi connectivity index (χ0v) is 10.2. The third-order valence-corrected chi connectivity index (χ3v) is 3.24. The van der Waals surface area contributed by atoms with Crippen LogP contribution in [0.3, 0.4) is 0 Å². The van der Waals surface area contributed by atoms with E-state index in [2.05, 4.69) is 27.9 Å². The van der Waals surface area contributed by atoms with Crippen molar-refractivity contribution in [3.8, 4) is 0 Å². The number of hydrogen-bond acceptors (Lipinski definition) is 5. The number of hydrazine groups is 1. The van der Waals surface area contributed by atoms with Crippen molar-refractivity contribution < 1.29 is 4.74 Å². The number of rotatable bonds is 6. The molecular formula is C12H15N3OS. The van der Waals surface area contributed by atoms with Gasteiger partial charge < -0.3 is 10.2 Å². The van der Waals surface area contributed by atoms with Crippen LogP contribution in [0.25, 0.3) is 0 Å². The molecule has 17 heavy (non-hydrogen) atoms. The Kier molecular flexibility index (Phi) is 4.49. The lowest BCUT2D eigenvalue weighted by Gasteiger charge is -2.05. The first-order valence-corrected chi connectivity index (χ1v) is 6.28. The van der Waals surface area contributed by atoms with Gasteiger partial charge in [-0.15, -0.1) is 11.3 Å². The van der Waals surface area contributed by atoms with Gasteiger partial charge in [0.2, 0.25) is 0 Å². The van der Waals surface area contributed by atoms with Crippen LogP contribution in [0.4, 0.5) is 5.69 Å². The Labute approximate surface area is 104 Å². The third-order valence-electron chi connectivity index (χ3n) is 2.31. The van der Waals surface area contributed by atoms with Crippen molar-refractivity contribution in [1.29, 1.82) is 0 Å². The van der Waals surface area contributed by atoms with Gasteiger partial charge in [-0.2, -0.15) is 0 Å². The molecule has 0 saturated heterocycles. The molecule has 0 aromatic carbocycles. The number of hydrogen-bond donors (Lipinski definition) is 2. The number of nitrogens with two attached hydrogens (primary N) is 1. The van der Waals surface area contributed by atoms with Gasteiger partial charge in [0.1, 0.15) is 0 Å². The molecule has 0 saturated carbocycles. The lowest BCUT2D eigenvalue weighted by atomic mass is 10.3. The van der Waals surface area contributed by atoms with Crippen molar-refractivity contribution in [1.82, 2.24) is 4.98 Å². The van der Waals surface area contributed by atoms with Crippen LogP contribution in [-0.4, -0.2) is 11.6 Å². The Morgan fingerprint density at radius 2 is 2.35 bits per heavy atom. The van der Waals surface area contributed by atoms with Crippen LogP contribution in [0.1, 0.15) is 10.6 Å². The van der Waals surface area contributed by atoms with Gasteiger partial charge in [0, 0.05) is 17.5 Å². The number of nitrogen functional groups attached to an aromatic ring is 1. The van der Waals surface area contributed by atoms with Crippen molar-refractivity contribution in [2.24, 2.45) is 5.84 Å². The Bertz CT molecular complexity index is 445. The van der Waals surface area contributed by atoms with Gasteiger partial charge in [0.25, 0.3) is 0 Å². The van der Waals surface area contributed by atoms with E-state index in [-0.39, 0.29) is 0 Å². The highest BCUT2D eigenvalue weighted by molar-refractivity contribution is 7.09. The number of pyridine rings is 1. The first-order valence-electron chi connectivity index (χ1n) is 5.40. The molecule has 2 heterocycles. The second-order valence-electron chi connectivity index (χ2n) is 3.56. The van der Waals surface area contributed by atoms with Gasteiger partial charge >= 0.3 is 0 Å². The number of nitrogens with one attached hydrogen (secondary N) is 1. The summed E-state index contributed by atoms with van der Waals surface area (Å²) < 4.78 is 5.57. The number of nitrogens with zero attached hydrogens (tertiary/aromatic N) is 1. The minimum atomic E-state index is 0.515. The molecule has 0 fully saturated rings. The van der Waals surface area contributed by atoms with E-state index in [4.69, 9.17) is 10.6 Å². The largest absolute Gasteiger partial charge is 0.375 e. The van der Waals surface area contributed by atoms with Crippen LogP contribution >= 0.6 is 11.3 Å².